The summed E-state index contributed by atoms with van der Waals surface area (Å²) in [6.07, 6.45) is -4.94. The molecule has 4 nitrogen and oxygen atoms in total. The fourth-order valence-corrected chi connectivity index (χ4v) is 3.06. The van der Waals surface area contributed by atoms with E-state index in [-0.39, 0.29) is 16.4 Å². The summed E-state index contributed by atoms with van der Waals surface area (Å²) >= 11 is 0. The van der Waals surface area contributed by atoms with Gasteiger partial charge in [-0.15, -0.1) is 0 Å². The van der Waals surface area contributed by atoms with Crippen LogP contribution in [0, 0.1) is 17.5 Å². The largest absolute Gasteiger partial charge is 0.402 e. The van der Waals surface area contributed by atoms with E-state index in [2.05, 4.69) is 0 Å². The summed E-state index contributed by atoms with van der Waals surface area (Å²) in [4.78, 5) is -1.65. The Bertz CT molecular complexity index is 593. The van der Waals surface area contributed by atoms with Gasteiger partial charge < -0.3 is 5.73 Å². The molecule has 120 valence electrons. The molecule has 0 aromatic heterocycles. The molecule has 0 saturated heterocycles. The molecule has 1 aromatic carbocycles. The Morgan fingerprint density at radius 3 is 1.95 bits per heavy atom. The van der Waals surface area contributed by atoms with E-state index in [9.17, 15) is 34.8 Å². The van der Waals surface area contributed by atoms with Crippen LogP contribution in [-0.2, 0) is 10.0 Å². The lowest BCUT2D eigenvalue weighted by molar-refractivity contribution is -0.136. The average molecular weight is 336 g/mol. The van der Waals surface area contributed by atoms with Crippen molar-refractivity contribution in [3.05, 3.63) is 29.6 Å². The van der Waals surface area contributed by atoms with Crippen LogP contribution in [0.4, 0.5) is 26.3 Å². The van der Waals surface area contributed by atoms with Crippen molar-refractivity contribution >= 4 is 10.0 Å². The summed E-state index contributed by atoms with van der Waals surface area (Å²) in [7, 11) is -5.16. The zero-order valence-electron chi connectivity index (χ0n) is 10.3. The molecule has 1 aromatic rings. The molecule has 0 spiro atoms. The highest BCUT2D eigenvalue weighted by Gasteiger charge is 2.39. The molecular formula is C10H10F6N2O2S. The van der Waals surface area contributed by atoms with E-state index >= 15 is 0 Å². The van der Waals surface area contributed by atoms with Gasteiger partial charge in [-0.25, -0.2) is 21.6 Å². The lowest BCUT2D eigenvalue weighted by atomic mass is 10.3. The first-order chi connectivity index (χ1) is 9.49. The Labute approximate surface area is 116 Å². The molecule has 0 atom stereocenters. The number of nitrogens with zero attached hydrogens (tertiary/aromatic N) is 1. The van der Waals surface area contributed by atoms with Crippen LogP contribution in [-0.4, -0.2) is 38.5 Å². The Morgan fingerprint density at radius 2 is 1.57 bits per heavy atom. The van der Waals surface area contributed by atoms with Crippen LogP contribution >= 0.6 is 0 Å². The fourth-order valence-electron chi connectivity index (χ4n) is 1.53. The first-order valence-electron chi connectivity index (χ1n) is 5.40. The van der Waals surface area contributed by atoms with Gasteiger partial charge in [0.2, 0.25) is 10.0 Å². The van der Waals surface area contributed by atoms with E-state index in [1.54, 1.807) is 0 Å². The molecule has 0 heterocycles. The fraction of sp³-hybridized carbons (Fsp3) is 0.400. The van der Waals surface area contributed by atoms with Gasteiger partial charge in [0.1, 0.15) is 24.0 Å². The first-order valence-corrected chi connectivity index (χ1v) is 6.84. The highest BCUT2D eigenvalue weighted by atomic mass is 32.2. The number of sulfonamides is 1. The van der Waals surface area contributed by atoms with E-state index in [0.29, 0.717) is 0 Å². The molecule has 0 radical (unpaired) electrons. The number of rotatable bonds is 5. The number of benzene rings is 1. The summed E-state index contributed by atoms with van der Waals surface area (Å²) in [5.74, 6) is -5.04. The van der Waals surface area contributed by atoms with Crippen molar-refractivity contribution in [2.45, 2.75) is 11.1 Å². The van der Waals surface area contributed by atoms with Crippen LogP contribution in [0.15, 0.2) is 17.0 Å². The zero-order chi connectivity index (χ0) is 16.4. The second-order valence-electron chi connectivity index (χ2n) is 3.94. The van der Waals surface area contributed by atoms with Gasteiger partial charge in [-0.3, -0.25) is 0 Å². The van der Waals surface area contributed by atoms with Gasteiger partial charge in [-0.1, -0.05) is 0 Å². The van der Waals surface area contributed by atoms with Gasteiger partial charge in [-0.05, 0) is 0 Å². The Kier molecular flexibility index (Phi) is 5.23. The van der Waals surface area contributed by atoms with Crippen molar-refractivity contribution in [1.82, 2.24) is 4.31 Å². The quantitative estimate of drug-likeness (QED) is 0.831. The SMILES string of the molecule is NCCN(CC(F)(F)F)S(=O)(=O)c1c(F)cc(F)cc1F. The third kappa shape index (κ3) is 4.32. The molecule has 0 fully saturated rings. The predicted molar refractivity (Wildman–Crippen MR) is 60.2 cm³/mol. The molecule has 0 aliphatic heterocycles. The normalized spacial score (nSPS) is 13.0. The Balaban J connectivity index is 3.36. The minimum absolute atomic E-state index is 0.0597. The predicted octanol–water partition coefficient (Wildman–Crippen LogP) is 1.62. The van der Waals surface area contributed by atoms with Crippen molar-refractivity contribution in [2.75, 3.05) is 19.6 Å². The minimum Gasteiger partial charge on any atom is -0.329 e. The maximum Gasteiger partial charge on any atom is 0.402 e. The summed E-state index contributed by atoms with van der Waals surface area (Å²) < 4.78 is 100. The molecule has 0 aliphatic rings. The lowest BCUT2D eigenvalue weighted by Crippen LogP contribution is -2.42. The van der Waals surface area contributed by atoms with Crippen LogP contribution in [0.2, 0.25) is 0 Å². The molecular weight excluding hydrogens is 326 g/mol. The molecule has 21 heavy (non-hydrogen) atoms. The van der Waals surface area contributed by atoms with Gasteiger partial charge in [0.15, 0.2) is 4.90 Å². The molecule has 0 bridgehead atoms. The van der Waals surface area contributed by atoms with E-state index in [1.165, 1.54) is 0 Å². The Hall–Kier alpha value is -1.33. The molecule has 1 rings (SSSR count). The average Bonchev–Trinajstić information content (AvgIpc) is 2.24. The molecule has 0 amide bonds. The number of halogens is 6. The van der Waals surface area contributed by atoms with Gasteiger partial charge in [-0.2, -0.15) is 17.5 Å². The maximum atomic E-state index is 13.4. The Morgan fingerprint density at radius 1 is 1.10 bits per heavy atom. The molecule has 2 N–H and O–H groups in total. The number of hydrogen-bond donors (Lipinski definition) is 1. The van der Waals surface area contributed by atoms with E-state index in [0.717, 1.165) is 0 Å². The zero-order valence-corrected chi connectivity index (χ0v) is 11.1. The van der Waals surface area contributed by atoms with Crippen molar-refractivity contribution < 1.29 is 34.8 Å². The number of nitrogens with two attached hydrogens (primary N) is 1. The summed E-state index contributed by atoms with van der Waals surface area (Å²) in [5.41, 5.74) is 5.00. The number of alkyl halides is 3. The van der Waals surface area contributed by atoms with Gasteiger partial charge in [0, 0.05) is 25.2 Å². The smallest absolute Gasteiger partial charge is 0.329 e. The van der Waals surface area contributed by atoms with Gasteiger partial charge in [0.05, 0.1) is 0 Å². The van der Waals surface area contributed by atoms with Crippen molar-refractivity contribution in [2.24, 2.45) is 5.73 Å². The highest BCUT2D eigenvalue weighted by molar-refractivity contribution is 7.89. The van der Waals surface area contributed by atoms with Crippen LogP contribution in [0.1, 0.15) is 0 Å². The third-order valence-electron chi connectivity index (χ3n) is 2.30. The maximum absolute atomic E-state index is 13.4. The minimum atomic E-state index is -5.16. The van der Waals surface area contributed by atoms with Crippen LogP contribution in [0.5, 0.6) is 0 Å². The van der Waals surface area contributed by atoms with Crippen molar-refractivity contribution in [3.8, 4) is 0 Å². The van der Waals surface area contributed by atoms with Crippen LogP contribution in [0.3, 0.4) is 0 Å². The monoisotopic (exact) mass is 336 g/mol. The van der Waals surface area contributed by atoms with E-state index in [4.69, 9.17) is 5.73 Å². The first kappa shape index (κ1) is 17.7. The third-order valence-corrected chi connectivity index (χ3v) is 4.19. The highest BCUT2D eigenvalue weighted by Crippen LogP contribution is 2.26. The molecule has 0 aliphatic carbocycles. The van der Waals surface area contributed by atoms with Gasteiger partial charge in [0.25, 0.3) is 0 Å². The second kappa shape index (κ2) is 6.20. The summed E-state index contributed by atoms with van der Waals surface area (Å²) in [6.45, 7) is -3.28. The van der Waals surface area contributed by atoms with E-state index in [1.807, 2.05) is 0 Å². The van der Waals surface area contributed by atoms with E-state index < -0.39 is 58.2 Å². The second-order valence-corrected chi connectivity index (χ2v) is 5.82. The molecule has 0 unspecified atom stereocenters. The van der Waals surface area contributed by atoms with Crippen LogP contribution < -0.4 is 5.73 Å². The molecule has 0 saturated carbocycles. The molecule has 11 heteroatoms. The van der Waals surface area contributed by atoms with Crippen LogP contribution in [0.25, 0.3) is 0 Å². The summed E-state index contributed by atoms with van der Waals surface area (Å²) in [6, 6.07) is 0.119. The topological polar surface area (TPSA) is 63.4 Å². The van der Waals surface area contributed by atoms with Crippen molar-refractivity contribution in [3.63, 3.8) is 0 Å². The van der Waals surface area contributed by atoms with Crippen molar-refractivity contribution in [1.29, 1.82) is 0 Å². The number of hydrogen-bond acceptors (Lipinski definition) is 3. The standard InChI is InChI=1S/C10H10F6N2O2S/c11-6-3-7(12)9(8(13)4-6)21(19,20)18(2-1-17)5-10(14,15)16/h3-4H,1-2,5,17H2. The summed E-state index contributed by atoms with van der Waals surface area (Å²) in [5, 5.41) is 0. The lowest BCUT2D eigenvalue weighted by Gasteiger charge is -2.23. The van der Waals surface area contributed by atoms with Gasteiger partial charge >= 0.3 is 6.18 Å².